The fourth-order valence-corrected chi connectivity index (χ4v) is 4.48. The molecule has 172 valence electrons. The Morgan fingerprint density at radius 1 is 0.968 bits per heavy atom. The van der Waals surface area contributed by atoms with E-state index in [1.807, 2.05) is 0 Å². The monoisotopic (exact) mass is 466 g/mol. The molecule has 0 bridgehead atoms. The van der Waals surface area contributed by atoms with Crippen LogP contribution < -0.4 is 4.90 Å². The molecular weight excluding hydrogens is 441 g/mol. The van der Waals surface area contributed by atoms with Crippen LogP contribution in [0.15, 0.2) is 36.4 Å². The van der Waals surface area contributed by atoms with Gasteiger partial charge in [0.1, 0.15) is 30.9 Å². The molecule has 4 rings (SSSR count). The molecule has 0 saturated carbocycles. The van der Waals surface area contributed by atoms with Crippen LogP contribution >= 0.6 is 7.81 Å². The number of aryl methyl sites for hydroxylation is 3. The van der Waals surface area contributed by atoms with Crippen molar-refractivity contribution < 1.29 is 34.9 Å². The van der Waals surface area contributed by atoms with Gasteiger partial charge in [0.05, 0.1) is 0 Å². The van der Waals surface area contributed by atoms with Gasteiger partial charge in [0, 0.05) is 12.0 Å². The van der Waals surface area contributed by atoms with Crippen molar-refractivity contribution in [3.8, 4) is 0 Å². The standard InChI is InChI=1S/C21H25N2O.F6P/c1-14-10-15(2)20(16(3)11-14)22-8-9-23(13-22)21-18-7-5-4-6-17(18)12-19(21)24;1-7(2,3,4,5)6/h4-7,10-11,13,19,21,24H,8-9,12H2,1-3H3;/q+1;-1/t19-,21-;/m0./s1. The Hall–Kier alpha value is -2.12. The third kappa shape index (κ3) is 6.43. The van der Waals surface area contributed by atoms with Crippen LogP contribution in [0.5, 0.6) is 0 Å². The van der Waals surface area contributed by atoms with Crippen molar-refractivity contribution >= 4 is 19.8 Å². The third-order valence-corrected chi connectivity index (χ3v) is 5.33. The van der Waals surface area contributed by atoms with Gasteiger partial charge in [-0.1, -0.05) is 42.0 Å². The predicted molar refractivity (Wildman–Crippen MR) is 112 cm³/mol. The second-order valence-corrected chi connectivity index (χ2v) is 10.1. The van der Waals surface area contributed by atoms with Crippen LogP contribution in [0.25, 0.3) is 0 Å². The van der Waals surface area contributed by atoms with Crippen molar-refractivity contribution in [2.75, 3.05) is 18.0 Å². The number of halogens is 6. The van der Waals surface area contributed by atoms with E-state index in [2.05, 4.69) is 73.0 Å². The van der Waals surface area contributed by atoms with Crippen LogP contribution in [0, 0.1) is 20.8 Å². The van der Waals surface area contributed by atoms with Crippen LogP contribution in [0.4, 0.5) is 30.9 Å². The summed E-state index contributed by atoms with van der Waals surface area (Å²) < 4.78 is 61.5. The molecule has 0 unspecified atom stereocenters. The van der Waals surface area contributed by atoms with Gasteiger partial charge in [0.2, 0.25) is 6.34 Å². The summed E-state index contributed by atoms with van der Waals surface area (Å²) in [4.78, 5) is 2.34. The van der Waals surface area contributed by atoms with Gasteiger partial charge in [-0.2, -0.15) is 0 Å². The number of anilines is 1. The average molecular weight is 466 g/mol. The molecule has 10 heteroatoms. The van der Waals surface area contributed by atoms with Gasteiger partial charge in [-0.15, -0.1) is 0 Å². The van der Waals surface area contributed by atoms with E-state index < -0.39 is 7.81 Å². The van der Waals surface area contributed by atoms with Crippen molar-refractivity contribution in [3.63, 3.8) is 0 Å². The van der Waals surface area contributed by atoms with E-state index in [-0.39, 0.29) is 12.1 Å². The van der Waals surface area contributed by atoms with Gasteiger partial charge >= 0.3 is 33.0 Å². The van der Waals surface area contributed by atoms with Crippen molar-refractivity contribution in [1.82, 2.24) is 0 Å². The normalized spacial score (nSPS) is 22.8. The summed E-state index contributed by atoms with van der Waals surface area (Å²) >= 11 is 0. The summed E-state index contributed by atoms with van der Waals surface area (Å²) in [6.07, 6.45) is 2.65. The summed E-state index contributed by atoms with van der Waals surface area (Å²) in [7, 11) is -10.7. The molecule has 1 aliphatic heterocycles. The van der Waals surface area contributed by atoms with E-state index in [1.54, 1.807) is 0 Å². The van der Waals surface area contributed by atoms with E-state index in [4.69, 9.17) is 0 Å². The number of aliphatic hydroxyl groups is 1. The van der Waals surface area contributed by atoms with E-state index in [9.17, 15) is 30.3 Å². The van der Waals surface area contributed by atoms with Crippen molar-refractivity contribution in [3.05, 3.63) is 64.2 Å². The van der Waals surface area contributed by atoms with Crippen LogP contribution in [-0.2, 0) is 6.42 Å². The molecule has 2 aromatic carbocycles. The first-order chi connectivity index (χ1) is 14.0. The predicted octanol–water partition coefficient (Wildman–Crippen LogP) is 6.51. The Morgan fingerprint density at radius 3 is 2.10 bits per heavy atom. The second-order valence-electron chi connectivity index (χ2n) is 8.17. The number of rotatable bonds is 2. The number of hydrogen-bond acceptors (Lipinski definition) is 2. The molecule has 0 spiro atoms. The molecule has 3 nitrogen and oxygen atoms in total. The maximum absolute atomic E-state index is 10.7. The fraction of sp³-hybridized carbons (Fsp3) is 0.381. The van der Waals surface area contributed by atoms with E-state index >= 15 is 0 Å². The molecule has 2 aliphatic rings. The SMILES string of the molecule is Cc1cc(C)c(N2C=[N+]([C@H]3c4ccccc4C[C@@H]3O)CC2)c(C)c1.F[P-](F)(F)(F)(F)F. The topological polar surface area (TPSA) is 26.5 Å². The number of aliphatic hydroxyl groups excluding tert-OH is 1. The molecule has 1 N–H and O–H groups in total. The molecule has 0 radical (unpaired) electrons. The zero-order valence-corrected chi connectivity index (χ0v) is 18.3. The average Bonchev–Trinajstić information content (AvgIpc) is 3.14. The van der Waals surface area contributed by atoms with Gasteiger partial charge in [0.25, 0.3) is 0 Å². The Morgan fingerprint density at radius 2 is 1.52 bits per heavy atom. The minimum atomic E-state index is -10.7. The van der Waals surface area contributed by atoms with Crippen LogP contribution in [0.1, 0.15) is 33.9 Å². The molecule has 0 amide bonds. The summed E-state index contributed by atoms with van der Waals surface area (Å²) in [6, 6.07) is 13.0. The van der Waals surface area contributed by atoms with Gasteiger partial charge in [-0.3, -0.25) is 4.58 Å². The summed E-state index contributed by atoms with van der Waals surface area (Å²) in [6.45, 7) is 8.44. The van der Waals surface area contributed by atoms with Gasteiger partial charge < -0.3 is 5.11 Å². The number of nitrogens with zero attached hydrogens (tertiary/aromatic N) is 2. The van der Waals surface area contributed by atoms with Crippen LogP contribution in [0.2, 0.25) is 0 Å². The summed E-state index contributed by atoms with van der Waals surface area (Å²) in [5.74, 6) is 0. The molecule has 0 fully saturated rings. The number of hydrogen-bond donors (Lipinski definition) is 1. The Kier molecular flexibility index (Phi) is 5.47. The Bertz CT molecular complexity index is 1000. The number of fused-ring (bicyclic) bond motifs is 1. The van der Waals surface area contributed by atoms with E-state index in [1.165, 1.54) is 33.5 Å². The fourth-order valence-electron chi connectivity index (χ4n) is 4.48. The second kappa shape index (κ2) is 7.20. The molecule has 0 aromatic heterocycles. The molecule has 2 aromatic rings. The molecular formula is C21H25F6N2OP. The van der Waals surface area contributed by atoms with Crippen molar-refractivity contribution in [1.29, 1.82) is 0 Å². The van der Waals surface area contributed by atoms with Crippen molar-refractivity contribution in [2.24, 2.45) is 0 Å². The molecule has 2 atom stereocenters. The summed E-state index contributed by atoms with van der Waals surface area (Å²) in [5, 5.41) is 10.6. The minimum absolute atomic E-state index is 0.0808. The van der Waals surface area contributed by atoms with Crippen LogP contribution in [-0.4, -0.2) is 35.2 Å². The van der Waals surface area contributed by atoms with Crippen molar-refractivity contribution in [2.45, 2.75) is 39.3 Å². The molecule has 1 aliphatic carbocycles. The van der Waals surface area contributed by atoms with Gasteiger partial charge in [-0.05, 0) is 37.5 Å². The first kappa shape index (κ1) is 23.5. The van der Waals surface area contributed by atoms with Gasteiger partial charge in [-0.25, -0.2) is 4.90 Å². The molecule has 31 heavy (non-hydrogen) atoms. The third-order valence-electron chi connectivity index (χ3n) is 5.33. The quantitative estimate of drug-likeness (QED) is 0.310. The zero-order valence-electron chi connectivity index (χ0n) is 17.4. The Labute approximate surface area is 176 Å². The van der Waals surface area contributed by atoms with E-state index in [0.29, 0.717) is 0 Å². The first-order valence-electron chi connectivity index (χ1n) is 9.77. The first-order valence-corrected chi connectivity index (χ1v) is 11.8. The number of benzene rings is 2. The maximum atomic E-state index is 10.6. The molecule has 0 saturated heterocycles. The van der Waals surface area contributed by atoms with Crippen LogP contribution in [0.3, 0.4) is 0 Å². The molecule has 1 heterocycles. The Balaban J connectivity index is 0.000000339. The van der Waals surface area contributed by atoms with Gasteiger partial charge in [0.15, 0.2) is 0 Å². The summed E-state index contributed by atoms with van der Waals surface area (Å²) in [5.41, 5.74) is 7.81. The van der Waals surface area contributed by atoms with E-state index in [0.717, 1.165) is 19.5 Å². The zero-order chi connectivity index (χ0) is 23.3.